The fourth-order valence-corrected chi connectivity index (χ4v) is 1.21. The number of amides is 2. The van der Waals surface area contributed by atoms with Gasteiger partial charge in [0.1, 0.15) is 0 Å². The number of hydrogen-bond acceptors (Lipinski definition) is 2. The third-order valence-electron chi connectivity index (χ3n) is 1.99. The number of carbonyl (C=O) groups excluding carboxylic acids is 2. The zero-order chi connectivity index (χ0) is 10.8. The van der Waals surface area contributed by atoms with Crippen LogP contribution in [0.4, 0.5) is 13.2 Å². The van der Waals surface area contributed by atoms with Crippen LogP contribution in [0.25, 0.3) is 0 Å². The summed E-state index contributed by atoms with van der Waals surface area (Å²) in [5.41, 5.74) is 0. The molecule has 2 amide bonds. The average Bonchev–Trinajstić information content (AvgIpc) is 2.15. The fourth-order valence-electron chi connectivity index (χ4n) is 1.21. The van der Waals surface area contributed by atoms with E-state index < -0.39 is 12.1 Å². The van der Waals surface area contributed by atoms with E-state index in [9.17, 15) is 22.8 Å². The first-order valence-corrected chi connectivity index (χ1v) is 4.00. The highest BCUT2D eigenvalue weighted by Gasteiger charge is 2.42. The number of hydrogen-bond donors (Lipinski definition) is 0. The summed E-state index contributed by atoms with van der Waals surface area (Å²) in [6, 6.07) is 0. The lowest BCUT2D eigenvalue weighted by molar-refractivity contribution is -0.187. The van der Waals surface area contributed by atoms with Crippen LogP contribution in [0.1, 0.15) is 0 Å². The highest BCUT2D eigenvalue weighted by atomic mass is 19.4. The van der Waals surface area contributed by atoms with Crippen molar-refractivity contribution in [3.8, 4) is 0 Å². The van der Waals surface area contributed by atoms with Crippen LogP contribution in [-0.4, -0.2) is 54.5 Å². The van der Waals surface area contributed by atoms with E-state index in [-0.39, 0.29) is 26.2 Å². The molecule has 0 atom stereocenters. The van der Waals surface area contributed by atoms with Gasteiger partial charge >= 0.3 is 12.1 Å². The lowest BCUT2D eigenvalue weighted by Gasteiger charge is -2.32. The third kappa shape index (κ3) is 2.36. The first kappa shape index (κ1) is 10.8. The van der Waals surface area contributed by atoms with Crippen molar-refractivity contribution in [1.82, 2.24) is 9.80 Å². The van der Waals surface area contributed by atoms with Crippen LogP contribution in [0, 0.1) is 0 Å². The molecule has 1 aliphatic rings. The molecular formula is C7H9F3N2O2. The molecule has 0 aliphatic carbocycles. The minimum atomic E-state index is -4.82. The Labute approximate surface area is 78.3 Å². The summed E-state index contributed by atoms with van der Waals surface area (Å²) in [7, 11) is 0. The zero-order valence-corrected chi connectivity index (χ0v) is 7.25. The Balaban J connectivity index is 2.50. The highest BCUT2D eigenvalue weighted by Crippen LogP contribution is 2.19. The summed E-state index contributed by atoms with van der Waals surface area (Å²) >= 11 is 0. The van der Waals surface area contributed by atoms with Gasteiger partial charge in [0.05, 0.1) is 0 Å². The number of halogens is 3. The molecule has 14 heavy (non-hydrogen) atoms. The van der Waals surface area contributed by atoms with Crippen molar-refractivity contribution in [3.05, 3.63) is 0 Å². The summed E-state index contributed by atoms with van der Waals surface area (Å²) in [5, 5.41) is 0. The van der Waals surface area contributed by atoms with Crippen molar-refractivity contribution >= 4 is 12.3 Å². The average molecular weight is 210 g/mol. The first-order valence-electron chi connectivity index (χ1n) is 4.00. The Morgan fingerprint density at radius 3 is 2.00 bits per heavy atom. The van der Waals surface area contributed by atoms with E-state index in [0.29, 0.717) is 11.3 Å². The number of piperazine rings is 1. The maximum atomic E-state index is 11.9. The van der Waals surface area contributed by atoms with Gasteiger partial charge in [0.2, 0.25) is 6.41 Å². The molecule has 0 spiro atoms. The third-order valence-corrected chi connectivity index (χ3v) is 1.99. The van der Waals surface area contributed by atoms with Crippen LogP contribution in [0.2, 0.25) is 0 Å². The van der Waals surface area contributed by atoms with Gasteiger partial charge in [-0.25, -0.2) is 0 Å². The van der Waals surface area contributed by atoms with E-state index in [0.717, 1.165) is 0 Å². The smallest absolute Gasteiger partial charge is 0.342 e. The Kier molecular flexibility index (Phi) is 2.97. The van der Waals surface area contributed by atoms with Crippen LogP contribution in [0.3, 0.4) is 0 Å². The highest BCUT2D eigenvalue weighted by molar-refractivity contribution is 5.82. The predicted molar refractivity (Wildman–Crippen MR) is 40.3 cm³/mol. The van der Waals surface area contributed by atoms with Gasteiger partial charge in [0, 0.05) is 26.2 Å². The monoisotopic (exact) mass is 210 g/mol. The molecule has 1 heterocycles. The van der Waals surface area contributed by atoms with Crippen molar-refractivity contribution < 1.29 is 22.8 Å². The van der Waals surface area contributed by atoms with E-state index in [1.807, 2.05) is 0 Å². The number of rotatable bonds is 1. The van der Waals surface area contributed by atoms with Gasteiger partial charge in [-0.15, -0.1) is 0 Å². The summed E-state index contributed by atoms with van der Waals surface area (Å²) in [6.45, 7) is 0.199. The lowest BCUT2D eigenvalue weighted by atomic mass is 10.3. The number of carbonyl (C=O) groups is 2. The molecule has 1 saturated heterocycles. The first-order chi connectivity index (χ1) is 6.45. The van der Waals surface area contributed by atoms with E-state index in [2.05, 4.69) is 0 Å². The molecule has 1 rings (SSSR count). The molecule has 1 fully saturated rings. The molecule has 0 aromatic rings. The van der Waals surface area contributed by atoms with Gasteiger partial charge in [-0.1, -0.05) is 0 Å². The van der Waals surface area contributed by atoms with Crippen LogP contribution < -0.4 is 0 Å². The second-order valence-corrected chi connectivity index (χ2v) is 2.93. The normalized spacial score (nSPS) is 18.2. The molecule has 0 aromatic carbocycles. The zero-order valence-electron chi connectivity index (χ0n) is 7.25. The Bertz CT molecular complexity index is 234. The van der Waals surface area contributed by atoms with Crippen molar-refractivity contribution in [2.24, 2.45) is 0 Å². The Morgan fingerprint density at radius 2 is 1.64 bits per heavy atom. The van der Waals surface area contributed by atoms with Crippen molar-refractivity contribution in [2.75, 3.05) is 26.2 Å². The van der Waals surface area contributed by atoms with E-state index in [1.54, 1.807) is 0 Å². The minimum absolute atomic E-state index is 0.0584. The van der Waals surface area contributed by atoms with Crippen LogP contribution >= 0.6 is 0 Å². The predicted octanol–water partition coefficient (Wildman–Crippen LogP) is -0.151. The van der Waals surface area contributed by atoms with Gasteiger partial charge < -0.3 is 9.80 Å². The molecule has 0 aromatic heterocycles. The molecule has 7 heteroatoms. The van der Waals surface area contributed by atoms with Gasteiger partial charge in [0.15, 0.2) is 0 Å². The molecule has 0 bridgehead atoms. The fraction of sp³-hybridized carbons (Fsp3) is 0.714. The van der Waals surface area contributed by atoms with Gasteiger partial charge in [0.25, 0.3) is 0 Å². The maximum Gasteiger partial charge on any atom is 0.471 e. The Hall–Kier alpha value is -1.27. The molecule has 4 nitrogen and oxygen atoms in total. The minimum Gasteiger partial charge on any atom is -0.342 e. The molecule has 0 N–H and O–H groups in total. The molecule has 0 radical (unpaired) electrons. The number of nitrogens with zero attached hydrogens (tertiary/aromatic N) is 2. The summed E-state index contributed by atoms with van der Waals surface area (Å²) < 4.78 is 35.8. The second-order valence-electron chi connectivity index (χ2n) is 2.93. The quantitative estimate of drug-likeness (QED) is 0.565. The summed E-state index contributed by atoms with van der Waals surface area (Å²) in [4.78, 5) is 23.0. The summed E-state index contributed by atoms with van der Waals surface area (Å²) in [5.74, 6) is -1.83. The molecule has 1 aliphatic heterocycles. The Morgan fingerprint density at radius 1 is 1.14 bits per heavy atom. The van der Waals surface area contributed by atoms with Crippen LogP contribution in [0.5, 0.6) is 0 Å². The van der Waals surface area contributed by atoms with E-state index in [1.165, 1.54) is 4.90 Å². The molecular weight excluding hydrogens is 201 g/mol. The van der Waals surface area contributed by atoms with E-state index in [4.69, 9.17) is 0 Å². The van der Waals surface area contributed by atoms with Gasteiger partial charge in [-0.3, -0.25) is 9.59 Å². The van der Waals surface area contributed by atoms with Gasteiger partial charge in [-0.2, -0.15) is 13.2 Å². The molecule has 0 unspecified atom stereocenters. The van der Waals surface area contributed by atoms with Crippen molar-refractivity contribution in [3.63, 3.8) is 0 Å². The van der Waals surface area contributed by atoms with E-state index >= 15 is 0 Å². The van der Waals surface area contributed by atoms with Gasteiger partial charge in [-0.05, 0) is 0 Å². The summed E-state index contributed by atoms with van der Waals surface area (Å²) in [6.07, 6.45) is -4.25. The molecule has 80 valence electrons. The van der Waals surface area contributed by atoms with Crippen molar-refractivity contribution in [2.45, 2.75) is 6.18 Å². The SMILES string of the molecule is O=CN1CCN(C(=O)C(F)(F)F)CC1. The van der Waals surface area contributed by atoms with Crippen LogP contribution in [0.15, 0.2) is 0 Å². The number of alkyl halides is 3. The standard InChI is InChI=1S/C7H9F3N2O2/c8-7(9,10)6(14)12-3-1-11(5-13)2-4-12/h5H,1-4H2. The molecule has 0 saturated carbocycles. The van der Waals surface area contributed by atoms with Crippen molar-refractivity contribution in [1.29, 1.82) is 0 Å². The maximum absolute atomic E-state index is 11.9. The largest absolute Gasteiger partial charge is 0.471 e. The lowest BCUT2D eigenvalue weighted by Crippen LogP contribution is -2.51. The van der Waals surface area contributed by atoms with Crippen LogP contribution in [-0.2, 0) is 9.59 Å². The second kappa shape index (κ2) is 3.85. The topological polar surface area (TPSA) is 40.6 Å².